The number of hydrogen-bond acceptors (Lipinski definition) is 10. The molecule has 0 aliphatic carbocycles. The minimum Gasteiger partial charge on any atom is -0.387 e. The van der Waals surface area contributed by atoms with Gasteiger partial charge in [-0.3, -0.25) is 9.12 Å². The first kappa shape index (κ1) is 22.5. The van der Waals surface area contributed by atoms with Crippen molar-refractivity contribution in [2.24, 2.45) is 0 Å². The summed E-state index contributed by atoms with van der Waals surface area (Å²) in [5.41, 5.74) is 7.43. The number of aryl methyl sites for hydroxylation is 1. The van der Waals surface area contributed by atoms with Gasteiger partial charge in [0.15, 0.2) is 17.7 Å². The molecule has 3 aromatic rings. The molecule has 0 radical (unpaired) electrons. The summed E-state index contributed by atoms with van der Waals surface area (Å²) in [7, 11) is -4.20. The Morgan fingerprint density at radius 2 is 1.88 bits per heavy atom. The molecule has 0 amide bonds. The van der Waals surface area contributed by atoms with E-state index in [1.165, 1.54) is 29.4 Å². The van der Waals surface area contributed by atoms with Crippen LogP contribution in [0.3, 0.4) is 0 Å². The molecule has 0 unspecified atom stereocenters. The molecule has 13 heteroatoms. The average molecular weight is 465 g/mol. The van der Waals surface area contributed by atoms with E-state index in [4.69, 9.17) is 19.8 Å². The van der Waals surface area contributed by atoms with Crippen LogP contribution in [0, 0.1) is 0 Å². The molecule has 1 aliphatic rings. The molecular formula is C19H23N5O7S. The molecule has 4 atom stereocenters. The fourth-order valence-corrected chi connectivity index (χ4v) is 4.04. The van der Waals surface area contributed by atoms with Gasteiger partial charge in [0.05, 0.1) is 17.8 Å². The number of anilines is 1. The molecule has 172 valence electrons. The molecule has 1 aromatic carbocycles. The number of nitrogen functional groups attached to an aromatic ring is 1. The second-order valence-corrected chi connectivity index (χ2v) is 8.85. The van der Waals surface area contributed by atoms with Crippen molar-refractivity contribution in [3.05, 3.63) is 42.5 Å². The zero-order chi connectivity index (χ0) is 22.9. The van der Waals surface area contributed by atoms with E-state index in [0.29, 0.717) is 30.6 Å². The zero-order valence-corrected chi connectivity index (χ0v) is 17.7. The van der Waals surface area contributed by atoms with E-state index in [-0.39, 0.29) is 17.3 Å². The van der Waals surface area contributed by atoms with Gasteiger partial charge in [-0.1, -0.05) is 12.1 Å². The summed E-state index contributed by atoms with van der Waals surface area (Å²) >= 11 is 0. The minimum atomic E-state index is -4.20. The Morgan fingerprint density at radius 1 is 1.12 bits per heavy atom. The monoisotopic (exact) mass is 465 g/mol. The largest absolute Gasteiger partial charge is 0.387 e. The maximum absolute atomic E-state index is 11.1. The maximum Gasteiger partial charge on any atom is 0.294 e. The fourth-order valence-electron chi connectivity index (χ4n) is 3.56. The van der Waals surface area contributed by atoms with Crippen molar-refractivity contribution in [1.29, 1.82) is 0 Å². The highest BCUT2D eigenvalue weighted by molar-refractivity contribution is 7.85. The number of nitrogens with zero attached hydrogens (tertiary/aromatic N) is 4. The molecule has 32 heavy (non-hydrogen) atoms. The third-order valence-corrected chi connectivity index (χ3v) is 6.12. The third-order valence-electron chi connectivity index (χ3n) is 5.26. The van der Waals surface area contributed by atoms with Crippen LogP contribution in [-0.4, -0.2) is 74.2 Å². The highest BCUT2D eigenvalue weighted by Crippen LogP contribution is 2.32. The number of fused-ring (bicyclic) bond motifs is 1. The second kappa shape index (κ2) is 9.05. The summed E-state index contributed by atoms with van der Waals surface area (Å²) in [6.07, 6.45) is -0.0459. The number of benzene rings is 1. The lowest BCUT2D eigenvalue weighted by Gasteiger charge is -2.16. The first-order valence-corrected chi connectivity index (χ1v) is 11.3. The van der Waals surface area contributed by atoms with Gasteiger partial charge in [0.1, 0.15) is 30.2 Å². The Morgan fingerprint density at radius 3 is 2.59 bits per heavy atom. The number of hydrogen-bond donors (Lipinski definition) is 4. The SMILES string of the molecule is Nc1ncnc2c1ncn2[C@@H]1O[C@H](COCCCc2ccc(S(=O)(=O)O)cc2)[C@@H](O)[C@H]1O. The molecule has 3 heterocycles. The summed E-state index contributed by atoms with van der Waals surface area (Å²) in [6, 6.07) is 5.93. The predicted octanol–water partition coefficient (Wildman–Crippen LogP) is -0.0762. The Kier molecular flexibility index (Phi) is 6.37. The van der Waals surface area contributed by atoms with Crippen molar-refractivity contribution in [3.63, 3.8) is 0 Å². The molecule has 5 N–H and O–H groups in total. The van der Waals surface area contributed by atoms with Crippen LogP contribution in [0.4, 0.5) is 5.82 Å². The van der Waals surface area contributed by atoms with Gasteiger partial charge in [-0.05, 0) is 30.5 Å². The first-order chi connectivity index (χ1) is 15.3. The van der Waals surface area contributed by atoms with Gasteiger partial charge >= 0.3 is 0 Å². The van der Waals surface area contributed by atoms with Crippen molar-refractivity contribution < 1.29 is 32.7 Å². The van der Waals surface area contributed by atoms with Crippen LogP contribution in [0.25, 0.3) is 11.2 Å². The minimum absolute atomic E-state index is 0.0696. The molecule has 1 saturated heterocycles. The molecule has 4 rings (SSSR count). The standard InChI is InChI=1S/C19H23N5O7S/c20-17-14-18(22-9-21-17)24(10-23-14)19-16(26)15(25)13(31-19)8-30-7-1-2-11-3-5-12(6-4-11)32(27,28)29/h3-6,9-10,13,15-16,19,25-26H,1-2,7-8H2,(H2,20,21,22)(H,27,28,29)/t13-,15-,16-,19-/m1/s1. The van der Waals surface area contributed by atoms with Crippen molar-refractivity contribution in [3.8, 4) is 0 Å². The molecule has 12 nitrogen and oxygen atoms in total. The lowest BCUT2D eigenvalue weighted by atomic mass is 10.1. The van der Waals surface area contributed by atoms with E-state index in [9.17, 15) is 18.6 Å². The second-order valence-electron chi connectivity index (χ2n) is 7.43. The van der Waals surface area contributed by atoms with Crippen LogP contribution in [0.5, 0.6) is 0 Å². The van der Waals surface area contributed by atoms with Gasteiger partial charge < -0.3 is 25.4 Å². The number of ether oxygens (including phenoxy) is 2. The van der Waals surface area contributed by atoms with Crippen molar-refractivity contribution in [2.45, 2.75) is 42.3 Å². The van der Waals surface area contributed by atoms with E-state index in [1.54, 1.807) is 12.1 Å². The third kappa shape index (κ3) is 4.57. The van der Waals surface area contributed by atoms with Gasteiger partial charge in [0.2, 0.25) is 0 Å². The summed E-state index contributed by atoms with van der Waals surface area (Å²) in [5.74, 6) is 0.203. The molecule has 0 spiro atoms. The van der Waals surface area contributed by atoms with Crippen LogP contribution in [0.15, 0.2) is 41.8 Å². The van der Waals surface area contributed by atoms with E-state index in [1.807, 2.05) is 0 Å². The van der Waals surface area contributed by atoms with Gasteiger partial charge in [-0.15, -0.1) is 0 Å². The molecular weight excluding hydrogens is 442 g/mol. The molecule has 2 aromatic heterocycles. The number of aliphatic hydroxyl groups is 2. The first-order valence-electron chi connectivity index (χ1n) is 9.84. The number of rotatable bonds is 8. The van der Waals surface area contributed by atoms with E-state index < -0.39 is 34.7 Å². The summed E-state index contributed by atoms with van der Waals surface area (Å²) in [4.78, 5) is 12.0. The van der Waals surface area contributed by atoms with Gasteiger partial charge in [0.25, 0.3) is 10.1 Å². The Bertz CT molecular complexity index is 1180. The van der Waals surface area contributed by atoms with E-state index >= 15 is 0 Å². The normalized spacial score (nSPS) is 23.7. The number of aliphatic hydroxyl groups excluding tert-OH is 2. The summed E-state index contributed by atoms with van der Waals surface area (Å²) in [6.45, 7) is 0.436. The Balaban J connectivity index is 1.28. The van der Waals surface area contributed by atoms with E-state index in [0.717, 1.165) is 5.56 Å². The van der Waals surface area contributed by atoms with Gasteiger partial charge in [-0.2, -0.15) is 8.42 Å². The van der Waals surface area contributed by atoms with Crippen LogP contribution < -0.4 is 5.73 Å². The highest BCUT2D eigenvalue weighted by Gasteiger charge is 2.44. The lowest BCUT2D eigenvalue weighted by molar-refractivity contribution is -0.0655. The number of imidazole rings is 1. The molecule has 1 aliphatic heterocycles. The lowest BCUT2D eigenvalue weighted by Crippen LogP contribution is -2.34. The van der Waals surface area contributed by atoms with Crippen LogP contribution in [0.2, 0.25) is 0 Å². The predicted molar refractivity (Wildman–Crippen MR) is 111 cm³/mol. The summed E-state index contributed by atoms with van der Waals surface area (Å²) in [5, 5.41) is 20.8. The van der Waals surface area contributed by atoms with Crippen molar-refractivity contribution in [1.82, 2.24) is 19.5 Å². The van der Waals surface area contributed by atoms with E-state index in [2.05, 4.69) is 15.0 Å². The smallest absolute Gasteiger partial charge is 0.294 e. The summed E-state index contributed by atoms with van der Waals surface area (Å²) < 4.78 is 44.0. The van der Waals surface area contributed by atoms with Crippen molar-refractivity contribution >= 4 is 27.1 Å². The molecule has 0 saturated carbocycles. The Labute approximate surface area is 183 Å². The number of aromatic nitrogens is 4. The zero-order valence-electron chi connectivity index (χ0n) is 16.9. The average Bonchev–Trinajstić information content (AvgIpc) is 3.30. The quantitative estimate of drug-likeness (QED) is 0.258. The Hall–Kier alpha value is -2.68. The maximum atomic E-state index is 11.1. The van der Waals surface area contributed by atoms with Crippen LogP contribution in [-0.2, 0) is 26.0 Å². The fraction of sp³-hybridized carbons (Fsp3) is 0.421. The van der Waals surface area contributed by atoms with Gasteiger partial charge in [0, 0.05) is 6.61 Å². The topological polar surface area (TPSA) is 183 Å². The van der Waals surface area contributed by atoms with Gasteiger partial charge in [-0.25, -0.2) is 15.0 Å². The number of nitrogens with two attached hydrogens (primary N) is 1. The van der Waals surface area contributed by atoms with Crippen LogP contribution >= 0.6 is 0 Å². The highest BCUT2D eigenvalue weighted by atomic mass is 32.2. The van der Waals surface area contributed by atoms with Crippen LogP contribution in [0.1, 0.15) is 18.2 Å². The molecule has 0 bridgehead atoms. The van der Waals surface area contributed by atoms with Crippen molar-refractivity contribution in [2.75, 3.05) is 18.9 Å². The molecule has 1 fully saturated rings.